The molecular weight excluding hydrogens is 416 g/mol. The molecule has 1 aromatic heterocycles. The van der Waals surface area contributed by atoms with E-state index in [0.717, 1.165) is 34.9 Å². The van der Waals surface area contributed by atoms with Gasteiger partial charge in [-0.1, -0.05) is 71.9 Å². The molecule has 0 unspecified atom stereocenters. The Morgan fingerprint density at radius 3 is 2.53 bits per heavy atom. The molecule has 1 amide bonds. The summed E-state index contributed by atoms with van der Waals surface area (Å²) in [6.07, 6.45) is 4.14. The summed E-state index contributed by atoms with van der Waals surface area (Å²) in [6, 6.07) is 17.2. The Morgan fingerprint density at radius 1 is 1.17 bits per heavy atom. The number of nitrogens with one attached hydrogen (secondary N) is 1. The lowest BCUT2D eigenvalue weighted by Crippen LogP contribution is -2.30. The first-order valence-corrected chi connectivity index (χ1v) is 11.3. The molecule has 2 aromatic carbocycles. The van der Waals surface area contributed by atoms with Crippen molar-refractivity contribution in [3.05, 3.63) is 89.2 Å². The van der Waals surface area contributed by atoms with E-state index in [0.29, 0.717) is 17.5 Å². The standard InChI is InChI=1S/C23H23ClN4OS/c1-2-14-28-22(18-8-9-18)26-27-23(28)30-15-20(29)25-21(16-6-4-3-5-7-16)17-10-12-19(24)13-11-17/h2-7,10-13,18,21H,1,8-9,14-15H2,(H,25,29)/t21-/m0/s1. The second kappa shape index (κ2) is 9.49. The van der Waals surface area contributed by atoms with Crippen molar-refractivity contribution in [2.75, 3.05) is 5.75 Å². The van der Waals surface area contributed by atoms with Gasteiger partial charge < -0.3 is 9.88 Å². The van der Waals surface area contributed by atoms with E-state index in [9.17, 15) is 4.79 Å². The van der Waals surface area contributed by atoms with Gasteiger partial charge in [0, 0.05) is 17.5 Å². The van der Waals surface area contributed by atoms with Crippen molar-refractivity contribution in [2.45, 2.75) is 36.5 Å². The number of carbonyl (C=O) groups is 1. The van der Waals surface area contributed by atoms with Gasteiger partial charge in [-0.2, -0.15) is 0 Å². The van der Waals surface area contributed by atoms with E-state index in [1.807, 2.05) is 60.7 Å². The van der Waals surface area contributed by atoms with E-state index in [2.05, 4.69) is 26.7 Å². The van der Waals surface area contributed by atoms with Crippen LogP contribution in [0.1, 0.15) is 41.8 Å². The summed E-state index contributed by atoms with van der Waals surface area (Å²) in [5.41, 5.74) is 2.00. The Morgan fingerprint density at radius 2 is 1.87 bits per heavy atom. The SMILES string of the molecule is C=CCn1c(SCC(=O)N[C@@H](c2ccccc2)c2ccc(Cl)cc2)nnc1C1CC1. The smallest absolute Gasteiger partial charge is 0.231 e. The Kier molecular flexibility index (Phi) is 6.55. The molecule has 1 heterocycles. The first-order valence-electron chi connectivity index (χ1n) is 9.92. The first kappa shape index (κ1) is 20.7. The summed E-state index contributed by atoms with van der Waals surface area (Å²) in [7, 11) is 0. The molecule has 1 N–H and O–H groups in total. The quantitative estimate of drug-likeness (QED) is 0.377. The molecule has 0 radical (unpaired) electrons. The van der Waals surface area contributed by atoms with Crippen LogP contribution in [-0.2, 0) is 11.3 Å². The molecule has 0 bridgehead atoms. The van der Waals surface area contributed by atoms with E-state index in [-0.39, 0.29) is 17.7 Å². The first-order chi connectivity index (χ1) is 14.7. The third-order valence-electron chi connectivity index (χ3n) is 4.97. The van der Waals surface area contributed by atoms with Crippen LogP contribution in [0.2, 0.25) is 5.02 Å². The highest BCUT2D eigenvalue weighted by Crippen LogP contribution is 2.40. The van der Waals surface area contributed by atoms with Gasteiger partial charge in [0.1, 0.15) is 5.82 Å². The van der Waals surface area contributed by atoms with Gasteiger partial charge in [-0.05, 0) is 36.1 Å². The summed E-state index contributed by atoms with van der Waals surface area (Å²) >= 11 is 7.45. The van der Waals surface area contributed by atoms with Crippen LogP contribution in [0.3, 0.4) is 0 Å². The Hall–Kier alpha value is -2.57. The zero-order chi connectivity index (χ0) is 20.9. The van der Waals surface area contributed by atoms with Crippen LogP contribution in [0, 0.1) is 0 Å². The van der Waals surface area contributed by atoms with Crippen LogP contribution >= 0.6 is 23.4 Å². The summed E-state index contributed by atoms with van der Waals surface area (Å²) < 4.78 is 2.07. The van der Waals surface area contributed by atoms with Crippen molar-refractivity contribution in [3.8, 4) is 0 Å². The Labute approximate surface area is 185 Å². The topological polar surface area (TPSA) is 59.8 Å². The van der Waals surface area contributed by atoms with Gasteiger partial charge in [-0.15, -0.1) is 16.8 Å². The number of halogens is 1. The molecule has 3 aromatic rings. The maximum absolute atomic E-state index is 12.8. The van der Waals surface area contributed by atoms with Gasteiger partial charge >= 0.3 is 0 Å². The fraction of sp³-hybridized carbons (Fsp3) is 0.261. The number of carbonyl (C=O) groups excluding carboxylic acids is 1. The minimum absolute atomic E-state index is 0.0649. The number of rotatable bonds is 9. The average Bonchev–Trinajstić information content (AvgIpc) is 3.53. The van der Waals surface area contributed by atoms with Gasteiger partial charge in [0.15, 0.2) is 5.16 Å². The highest BCUT2D eigenvalue weighted by atomic mass is 35.5. The third-order valence-corrected chi connectivity index (χ3v) is 6.19. The lowest BCUT2D eigenvalue weighted by molar-refractivity contribution is -0.119. The van der Waals surface area contributed by atoms with Crippen molar-refractivity contribution in [1.82, 2.24) is 20.1 Å². The van der Waals surface area contributed by atoms with Crippen LogP contribution in [0.4, 0.5) is 0 Å². The zero-order valence-electron chi connectivity index (χ0n) is 16.5. The number of hydrogen-bond donors (Lipinski definition) is 1. The van der Waals surface area contributed by atoms with Crippen molar-refractivity contribution in [1.29, 1.82) is 0 Å². The van der Waals surface area contributed by atoms with Gasteiger partial charge in [-0.3, -0.25) is 4.79 Å². The molecule has 5 nitrogen and oxygen atoms in total. The minimum Gasteiger partial charge on any atom is -0.344 e. The van der Waals surface area contributed by atoms with E-state index in [4.69, 9.17) is 11.6 Å². The molecule has 0 aliphatic heterocycles. The van der Waals surface area contributed by atoms with E-state index < -0.39 is 0 Å². The molecule has 30 heavy (non-hydrogen) atoms. The molecule has 1 atom stereocenters. The minimum atomic E-state index is -0.246. The molecule has 0 spiro atoms. The van der Waals surface area contributed by atoms with Crippen LogP contribution < -0.4 is 5.32 Å². The van der Waals surface area contributed by atoms with Crippen molar-refractivity contribution >= 4 is 29.3 Å². The maximum Gasteiger partial charge on any atom is 0.231 e. The molecule has 1 aliphatic rings. The van der Waals surface area contributed by atoms with Crippen molar-refractivity contribution in [3.63, 3.8) is 0 Å². The van der Waals surface area contributed by atoms with E-state index in [1.54, 1.807) is 0 Å². The zero-order valence-corrected chi connectivity index (χ0v) is 18.1. The molecular formula is C23H23ClN4OS. The number of aromatic nitrogens is 3. The van der Waals surface area contributed by atoms with E-state index >= 15 is 0 Å². The number of hydrogen-bond acceptors (Lipinski definition) is 4. The van der Waals surface area contributed by atoms with Crippen molar-refractivity contribution < 1.29 is 4.79 Å². The predicted octanol–water partition coefficient (Wildman–Crippen LogP) is 4.99. The van der Waals surface area contributed by atoms with Crippen LogP contribution in [-0.4, -0.2) is 26.4 Å². The summed E-state index contributed by atoms with van der Waals surface area (Å²) in [4.78, 5) is 12.8. The fourth-order valence-corrected chi connectivity index (χ4v) is 4.24. The average molecular weight is 439 g/mol. The number of amides is 1. The number of allylic oxidation sites excluding steroid dienone is 1. The predicted molar refractivity (Wildman–Crippen MR) is 121 cm³/mol. The second-order valence-corrected chi connectivity index (χ2v) is 8.64. The van der Waals surface area contributed by atoms with Crippen LogP contribution in [0.15, 0.2) is 72.4 Å². The van der Waals surface area contributed by atoms with Crippen LogP contribution in [0.25, 0.3) is 0 Å². The van der Waals surface area contributed by atoms with Gasteiger partial charge in [0.2, 0.25) is 5.91 Å². The molecule has 7 heteroatoms. The van der Waals surface area contributed by atoms with Gasteiger partial charge in [0.25, 0.3) is 0 Å². The third kappa shape index (κ3) is 4.94. The number of nitrogens with zero attached hydrogens (tertiary/aromatic N) is 3. The lowest BCUT2D eigenvalue weighted by atomic mass is 9.99. The van der Waals surface area contributed by atoms with Crippen molar-refractivity contribution in [2.24, 2.45) is 0 Å². The highest BCUT2D eigenvalue weighted by molar-refractivity contribution is 7.99. The summed E-state index contributed by atoms with van der Waals surface area (Å²) in [6.45, 7) is 4.48. The number of benzene rings is 2. The molecule has 1 saturated carbocycles. The second-order valence-electron chi connectivity index (χ2n) is 7.27. The molecule has 4 rings (SSSR count). The fourth-order valence-electron chi connectivity index (χ4n) is 3.34. The Balaban J connectivity index is 1.47. The maximum atomic E-state index is 12.8. The summed E-state index contributed by atoms with van der Waals surface area (Å²) in [5, 5.41) is 13.2. The monoisotopic (exact) mass is 438 g/mol. The van der Waals surface area contributed by atoms with E-state index in [1.165, 1.54) is 11.8 Å². The number of thioether (sulfide) groups is 1. The highest BCUT2D eigenvalue weighted by Gasteiger charge is 2.30. The van der Waals surface area contributed by atoms with Gasteiger partial charge in [0.05, 0.1) is 11.8 Å². The largest absolute Gasteiger partial charge is 0.344 e. The van der Waals surface area contributed by atoms with Crippen LogP contribution in [0.5, 0.6) is 0 Å². The normalized spacial score (nSPS) is 14.3. The summed E-state index contributed by atoms with van der Waals surface area (Å²) in [5.74, 6) is 1.69. The Bertz CT molecular complexity index is 1020. The molecule has 0 saturated heterocycles. The van der Waals surface area contributed by atoms with Gasteiger partial charge in [-0.25, -0.2) is 0 Å². The molecule has 1 fully saturated rings. The molecule has 1 aliphatic carbocycles. The lowest BCUT2D eigenvalue weighted by Gasteiger charge is -2.20. The molecule has 154 valence electrons.